The highest BCUT2D eigenvalue weighted by Gasteiger charge is 2.19. The Morgan fingerprint density at radius 3 is 2.58 bits per heavy atom. The molecule has 1 N–H and O–H groups in total. The van der Waals surface area contributed by atoms with Gasteiger partial charge in [0.05, 0.1) is 25.3 Å². The molecular weight excluding hydrogens is 440 g/mol. The Labute approximate surface area is 195 Å². The van der Waals surface area contributed by atoms with Gasteiger partial charge in [0.15, 0.2) is 11.0 Å². The van der Waals surface area contributed by atoms with Crippen molar-refractivity contribution in [3.05, 3.63) is 71.9 Å². The number of carbonyl (C=O) groups is 1. The van der Waals surface area contributed by atoms with Crippen molar-refractivity contribution in [1.82, 2.24) is 30.3 Å². The Balaban J connectivity index is 1.33. The van der Waals surface area contributed by atoms with E-state index in [9.17, 15) is 4.79 Å². The number of amides is 1. The van der Waals surface area contributed by atoms with Gasteiger partial charge < -0.3 is 19.0 Å². The topological polar surface area (TPSA) is 108 Å². The molecule has 33 heavy (non-hydrogen) atoms. The maximum atomic E-state index is 12.5. The summed E-state index contributed by atoms with van der Waals surface area (Å²) in [5.74, 6) is 2.78. The first-order chi connectivity index (χ1) is 16.0. The molecule has 4 rings (SSSR count). The number of ether oxygens (including phenoxy) is 1. The molecule has 9 nitrogen and oxygen atoms in total. The zero-order chi connectivity index (χ0) is 23.2. The summed E-state index contributed by atoms with van der Waals surface area (Å²) in [5.41, 5.74) is 1.78. The lowest BCUT2D eigenvalue weighted by Crippen LogP contribution is -2.29. The highest BCUT2D eigenvalue weighted by molar-refractivity contribution is 7.98. The maximum Gasteiger partial charge on any atom is 0.247 e. The predicted octanol–water partition coefficient (Wildman–Crippen LogP) is 3.59. The number of aromatic nitrogens is 5. The minimum absolute atomic E-state index is 0.0934. The SMILES string of the molecule is COc1ccc(CC(=O)N[C@@H](C)c2nnc(SCc3nnc(-c4ccccc4)o3)n2C)cc1. The highest BCUT2D eigenvalue weighted by atomic mass is 32.2. The van der Waals surface area contributed by atoms with Crippen molar-refractivity contribution >= 4 is 17.7 Å². The molecule has 0 spiro atoms. The zero-order valence-electron chi connectivity index (χ0n) is 18.6. The number of hydrogen-bond donors (Lipinski definition) is 1. The molecule has 0 aliphatic rings. The molecule has 0 fully saturated rings. The van der Waals surface area contributed by atoms with E-state index in [1.165, 1.54) is 11.8 Å². The number of thioether (sulfide) groups is 1. The predicted molar refractivity (Wildman–Crippen MR) is 124 cm³/mol. The van der Waals surface area contributed by atoms with E-state index in [0.717, 1.165) is 16.9 Å². The first-order valence-electron chi connectivity index (χ1n) is 10.4. The van der Waals surface area contributed by atoms with E-state index in [2.05, 4.69) is 25.7 Å². The molecular formula is C23H24N6O3S. The van der Waals surface area contributed by atoms with E-state index in [4.69, 9.17) is 9.15 Å². The van der Waals surface area contributed by atoms with Crippen molar-refractivity contribution in [1.29, 1.82) is 0 Å². The minimum atomic E-state index is -0.296. The van der Waals surface area contributed by atoms with Gasteiger partial charge in [-0.1, -0.05) is 42.1 Å². The first kappa shape index (κ1) is 22.5. The van der Waals surface area contributed by atoms with Crippen LogP contribution in [0.25, 0.3) is 11.5 Å². The van der Waals surface area contributed by atoms with Gasteiger partial charge in [-0.05, 0) is 36.8 Å². The Hall–Kier alpha value is -3.66. The van der Waals surface area contributed by atoms with Gasteiger partial charge in [0.25, 0.3) is 0 Å². The van der Waals surface area contributed by atoms with Gasteiger partial charge in [-0.25, -0.2) is 0 Å². The van der Waals surface area contributed by atoms with E-state index < -0.39 is 0 Å². The number of rotatable bonds is 9. The van der Waals surface area contributed by atoms with Crippen molar-refractivity contribution in [2.45, 2.75) is 30.3 Å². The fourth-order valence-corrected chi connectivity index (χ4v) is 4.01. The molecule has 1 atom stereocenters. The summed E-state index contributed by atoms with van der Waals surface area (Å²) >= 11 is 1.44. The molecule has 2 aromatic heterocycles. The second-order valence-corrected chi connectivity index (χ2v) is 8.31. The Morgan fingerprint density at radius 2 is 1.85 bits per heavy atom. The van der Waals surface area contributed by atoms with Crippen LogP contribution in [0, 0.1) is 0 Å². The number of benzene rings is 2. The van der Waals surface area contributed by atoms with Crippen LogP contribution in [0.4, 0.5) is 0 Å². The third-order valence-corrected chi connectivity index (χ3v) is 5.97. The molecule has 4 aromatic rings. The lowest BCUT2D eigenvalue weighted by atomic mass is 10.1. The van der Waals surface area contributed by atoms with E-state index in [0.29, 0.717) is 28.5 Å². The van der Waals surface area contributed by atoms with Gasteiger partial charge in [-0.3, -0.25) is 4.79 Å². The molecule has 0 radical (unpaired) electrons. The normalized spacial score (nSPS) is 11.8. The quantitative estimate of drug-likeness (QED) is 0.375. The molecule has 0 saturated carbocycles. The molecule has 0 unspecified atom stereocenters. The second-order valence-electron chi connectivity index (χ2n) is 7.37. The third-order valence-electron chi connectivity index (χ3n) is 4.97. The van der Waals surface area contributed by atoms with Crippen LogP contribution in [0.5, 0.6) is 5.75 Å². The molecule has 0 aliphatic carbocycles. The summed E-state index contributed by atoms with van der Waals surface area (Å²) in [4.78, 5) is 12.5. The third kappa shape index (κ3) is 5.58. The van der Waals surface area contributed by atoms with Crippen molar-refractivity contribution in [2.75, 3.05) is 7.11 Å². The van der Waals surface area contributed by atoms with Crippen LogP contribution in [0.3, 0.4) is 0 Å². The number of nitrogens with zero attached hydrogens (tertiary/aromatic N) is 5. The average molecular weight is 465 g/mol. The van der Waals surface area contributed by atoms with Crippen LogP contribution < -0.4 is 10.1 Å². The first-order valence-corrected chi connectivity index (χ1v) is 11.3. The highest BCUT2D eigenvalue weighted by Crippen LogP contribution is 2.24. The lowest BCUT2D eigenvalue weighted by Gasteiger charge is -2.13. The lowest BCUT2D eigenvalue weighted by molar-refractivity contribution is -0.121. The summed E-state index contributed by atoms with van der Waals surface area (Å²) < 4.78 is 12.8. The van der Waals surface area contributed by atoms with Crippen molar-refractivity contribution in [2.24, 2.45) is 7.05 Å². The van der Waals surface area contributed by atoms with Crippen LogP contribution in [0.15, 0.2) is 64.2 Å². The smallest absolute Gasteiger partial charge is 0.247 e. The van der Waals surface area contributed by atoms with E-state index in [-0.39, 0.29) is 18.4 Å². The van der Waals surface area contributed by atoms with E-state index in [1.54, 1.807) is 7.11 Å². The molecule has 0 saturated heterocycles. The maximum absolute atomic E-state index is 12.5. The van der Waals surface area contributed by atoms with Gasteiger partial charge >= 0.3 is 0 Å². The standard InChI is InChI=1S/C23H24N6O3S/c1-15(24-19(30)13-16-9-11-18(31-3)12-10-16)21-26-28-23(29(21)2)33-14-20-25-27-22(32-20)17-7-5-4-6-8-17/h4-12,15H,13-14H2,1-3H3,(H,24,30)/t15-/m0/s1. The van der Waals surface area contributed by atoms with Crippen molar-refractivity contribution < 1.29 is 13.9 Å². The van der Waals surface area contributed by atoms with Crippen molar-refractivity contribution in [3.63, 3.8) is 0 Å². The molecule has 0 bridgehead atoms. The fourth-order valence-electron chi connectivity index (χ4n) is 3.25. The zero-order valence-corrected chi connectivity index (χ0v) is 19.4. The minimum Gasteiger partial charge on any atom is -0.497 e. The largest absolute Gasteiger partial charge is 0.497 e. The van der Waals surface area contributed by atoms with Crippen molar-refractivity contribution in [3.8, 4) is 17.2 Å². The Bertz CT molecular complexity index is 1210. The van der Waals surface area contributed by atoms with Crippen LogP contribution in [-0.4, -0.2) is 38.0 Å². The molecule has 10 heteroatoms. The van der Waals surface area contributed by atoms with Gasteiger partial charge in [0, 0.05) is 12.6 Å². The fraction of sp³-hybridized carbons (Fsp3) is 0.261. The van der Waals surface area contributed by atoms with E-state index >= 15 is 0 Å². The van der Waals surface area contributed by atoms with E-state index in [1.807, 2.05) is 73.1 Å². The average Bonchev–Trinajstić information content (AvgIpc) is 3.45. The van der Waals surface area contributed by atoms with Gasteiger partial charge in [0.2, 0.25) is 17.7 Å². The number of carbonyl (C=O) groups excluding carboxylic acids is 1. The molecule has 0 aliphatic heterocycles. The summed E-state index contributed by atoms with van der Waals surface area (Å²) in [6, 6.07) is 16.8. The van der Waals surface area contributed by atoms with Gasteiger partial charge in [0.1, 0.15) is 5.75 Å². The Kier molecular flexibility index (Phi) is 7.04. The molecule has 1 amide bonds. The van der Waals surface area contributed by atoms with Crippen LogP contribution in [-0.2, 0) is 24.0 Å². The number of nitrogens with one attached hydrogen (secondary N) is 1. The van der Waals surface area contributed by atoms with Crippen LogP contribution >= 0.6 is 11.8 Å². The summed E-state index contributed by atoms with van der Waals surface area (Å²) in [6.07, 6.45) is 0.273. The monoisotopic (exact) mass is 464 g/mol. The molecule has 170 valence electrons. The second kappa shape index (κ2) is 10.3. The molecule has 2 heterocycles. The molecule has 2 aromatic carbocycles. The van der Waals surface area contributed by atoms with Gasteiger partial charge in [-0.2, -0.15) is 0 Å². The Morgan fingerprint density at radius 1 is 1.09 bits per heavy atom. The van der Waals surface area contributed by atoms with Crippen LogP contribution in [0.1, 0.15) is 30.2 Å². The number of hydrogen-bond acceptors (Lipinski definition) is 8. The van der Waals surface area contributed by atoms with Crippen LogP contribution in [0.2, 0.25) is 0 Å². The summed E-state index contributed by atoms with van der Waals surface area (Å²) in [5, 5.41) is 20.4. The van der Waals surface area contributed by atoms with Gasteiger partial charge in [-0.15, -0.1) is 20.4 Å². The summed E-state index contributed by atoms with van der Waals surface area (Å²) in [7, 11) is 3.48. The summed E-state index contributed by atoms with van der Waals surface area (Å²) in [6.45, 7) is 1.88. The number of methoxy groups -OCH3 is 1.